The van der Waals surface area contributed by atoms with E-state index < -0.39 is 11.9 Å². The molecule has 7 nitrogen and oxygen atoms in total. The third-order valence-electron chi connectivity index (χ3n) is 4.11. The summed E-state index contributed by atoms with van der Waals surface area (Å²) < 4.78 is 1.44. The van der Waals surface area contributed by atoms with E-state index in [1.54, 1.807) is 24.3 Å². The van der Waals surface area contributed by atoms with Crippen molar-refractivity contribution in [2.24, 2.45) is 0 Å². The number of aryl methyl sites for hydroxylation is 1. The van der Waals surface area contributed by atoms with Gasteiger partial charge in [0.15, 0.2) is 0 Å². The van der Waals surface area contributed by atoms with Crippen molar-refractivity contribution < 1.29 is 9.59 Å². The molecule has 0 aliphatic rings. The second-order valence-electron chi connectivity index (χ2n) is 6.41. The van der Waals surface area contributed by atoms with E-state index in [9.17, 15) is 14.4 Å². The number of rotatable bonds is 4. The molecule has 0 spiro atoms. The van der Waals surface area contributed by atoms with Gasteiger partial charge in [-0.1, -0.05) is 41.4 Å². The standard InChI is InChI=1S/C21H19ClN4O3/c1-14-2-4-15(5-3-14)12-26-13-16(6-11-19(26)27)20(28)24-25-21(29)23-18-9-7-17(22)8-10-18/h2-11,13H,12H2,1H3,(H,24,28)(H2,23,25,29). The van der Waals surface area contributed by atoms with E-state index in [1.165, 1.54) is 22.9 Å². The number of anilines is 1. The van der Waals surface area contributed by atoms with Gasteiger partial charge in [-0.25, -0.2) is 10.2 Å². The Morgan fingerprint density at radius 1 is 0.931 bits per heavy atom. The van der Waals surface area contributed by atoms with Crippen molar-refractivity contribution in [2.75, 3.05) is 5.32 Å². The number of aromatic nitrogens is 1. The maximum atomic E-state index is 12.3. The predicted octanol–water partition coefficient (Wildman–Crippen LogP) is 3.32. The second kappa shape index (κ2) is 9.07. The molecular formula is C21H19ClN4O3. The van der Waals surface area contributed by atoms with Crippen LogP contribution < -0.4 is 21.7 Å². The predicted molar refractivity (Wildman–Crippen MR) is 112 cm³/mol. The van der Waals surface area contributed by atoms with Crippen molar-refractivity contribution >= 4 is 29.2 Å². The van der Waals surface area contributed by atoms with Crippen molar-refractivity contribution in [1.82, 2.24) is 15.4 Å². The zero-order chi connectivity index (χ0) is 20.8. The average molecular weight is 411 g/mol. The Balaban J connectivity index is 1.61. The molecular weight excluding hydrogens is 392 g/mol. The molecule has 0 saturated carbocycles. The van der Waals surface area contributed by atoms with E-state index in [0.29, 0.717) is 17.3 Å². The molecule has 3 amide bonds. The molecule has 2 aromatic carbocycles. The third-order valence-corrected chi connectivity index (χ3v) is 4.36. The Bertz CT molecular complexity index is 1080. The Morgan fingerprint density at radius 2 is 1.62 bits per heavy atom. The van der Waals surface area contributed by atoms with Crippen LogP contribution in [0.2, 0.25) is 5.02 Å². The van der Waals surface area contributed by atoms with Crippen LogP contribution >= 0.6 is 11.6 Å². The summed E-state index contributed by atoms with van der Waals surface area (Å²) in [4.78, 5) is 36.3. The summed E-state index contributed by atoms with van der Waals surface area (Å²) in [5, 5.41) is 3.10. The SMILES string of the molecule is Cc1ccc(Cn2cc(C(=O)NNC(=O)Nc3ccc(Cl)cc3)ccc2=O)cc1. The Morgan fingerprint density at radius 3 is 2.31 bits per heavy atom. The molecule has 29 heavy (non-hydrogen) atoms. The number of benzene rings is 2. The van der Waals surface area contributed by atoms with Crippen LogP contribution in [-0.2, 0) is 6.54 Å². The molecule has 1 heterocycles. The lowest BCUT2D eigenvalue weighted by molar-refractivity contribution is 0.0937. The number of nitrogens with one attached hydrogen (secondary N) is 3. The fraction of sp³-hybridized carbons (Fsp3) is 0.0952. The van der Waals surface area contributed by atoms with Gasteiger partial charge in [0.05, 0.1) is 12.1 Å². The number of hydrogen-bond acceptors (Lipinski definition) is 3. The van der Waals surface area contributed by atoms with Crippen molar-refractivity contribution in [1.29, 1.82) is 0 Å². The van der Waals surface area contributed by atoms with Gasteiger partial charge in [0, 0.05) is 23.0 Å². The number of hydrogen-bond donors (Lipinski definition) is 3. The van der Waals surface area contributed by atoms with Gasteiger partial charge >= 0.3 is 6.03 Å². The third kappa shape index (κ3) is 5.70. The van der Waals surface area contributed by atoms with Gasteiger partial charge < -0.3 is 9.88 Å². The maximum Gasteiger partial charge on any atom is 0.337 e. The van der Waals surface area contributed by atoms with Gasteiger partial charge in [0.2, 0.25) is 0 Å². The smallest absolute Gasteiger partial charge is 0.310 e. The lowest BCUT2D eigenvalue weighted by Gasteiger charge is -2.11. The zero-order valence-corrected chi connectivity index (χ0v) is 16.4. The summed E-state index contributed by atoms with van der Waals surface area (Å²) in [5.41, 5.74) is 7.17. The quantitative estimate of drug-likeness (QED) is 0.576. The number of pyridine rings is 1. The van der Waals surface area contributed by atoms with Crippen molar-refractivity contribution in [2.45, 2.75) is 13.5 Å². The Labute approximate surface area is 172 Å². The van der Waals surface area contributed by atoms with E-state index >= 15 is 0 Å². The fourth-order valence-electron chi connectivity index (χ4n) is 2.56. The summed E-state index contributed by atoms with van der Waals surface area (Å²) in [6.45, 7) is 2.32. The van der Waals surface area contributed by atoms with E-state index in [2.05, 4.69) is 16.2 Å². The normalized spacial score (nSPS) is 10.3. The number of nitrogens with zero attached hydrogens (tertiary/aromatic N) is 1. The van der Waals surface area contributed by atoms with E-state index in [-0.39, 0.29) is 11.1 Å². The monoisotopic (exact) mass is 410 g/mol. The van der Waals surface area contributed by atoms with Gasteiger partial charge in [0.25, 0.3) is 11.5 Å². The lowest BCUT2D eigenvalue weighted by atomic mass is 10.1. The summed E-state index contributed by atoms with van der Waals surface area (Å²) >= 11 is 5.79. The summed E-state index contributed by atoms with van der Waals surface area (Å²) in [6, 6.07) is 16.4. The molecule has 0 fully saturated rings. The highest BCUT2D eigenvalue weighted by Crippen LogP contribution is 2.13. The molecule has 3 aromatic rings. The second-order valence-corrected chi connectivity index (χ2v) is 6.85. The number of urea groups is 1. The van der Waals surface area contributed by atoms with Gasteiger partial charge in [-0.2, -0.15) is 0 Å². The highest BCUT2D eigenvalue weighted by atomic mass is 35.5. The average Bonchev–Trinajstić information content (AvgIpc) is 2.71. The van der Waals surface area contributed by atoms with Crippen LogP contribution in [0.1, 0.15) is 21.5 Å². The van der Waals surface area contributed by atoms with Crippen LogP contribution in [-0.4, -0.2) is 16.5 Å². The summed E-state index contributed by atoms with van der Waals surface area (Å²) in [7, 11) is 0. The van der Waals surface area contributed by atoms with Crippen LogP contribution in [0.5, 0.6) is 0 Å². The molecule has 0 aliphatic carbocycles. The molecule has 0 saturated heterocycles. The summed E-state index contributed by atoms with van der Waals surface area (Å²) in [5.74, 6) is -0.547. The van der Waals surface area contributed by atoms with Crippen LogP contribution in [0.15, 0.2) is 71.7 Å². The number of carbonyl (C=O) groups excluding carboxylic acids is 2. The van der Waals surface area contributed by atoms with Gasteiger partial charge in [0.1, 0.15) is 0 Å². The minimum absolute atomic E-state index is 0.226. The highest BCUT2D eigenvalue weighted by Gasteiger charge is 2.10. The van der Waals surface area contributed by atoms with E-state index in [4.69, 9.17) is 11.6 Å². The number of carbonyl (C=O) groups is 2. The molecule has 0 unspecified atom stereocenters. The molecule has 0 bridgehead atoms. The molecule has 3 rings (SSSR count). The van der Waals surface area contributed by atoms with Gasteiger partial charge in [-0.15, -0.1) is 0 Å². The topological polar surface area (TPSA) is 92.2 Å². The minimum atomic E-state index is -0.617. The Kier molecular flexibility index (Phi) is 6.31. The first-order valence-corrected chi connectivity index (χ1v) is 9.17. The van der Waals surface area contributed by atoms with Gasteiger partial charge in [-0.05, 0) is 42.8 Å². The number of amides is 3. The molecule has 0 radical (unpaired) electrons. The van der Waals surface area contributed by atoms with Crippen molar-refractivity contribution in [3.63, 3.8) is 0 Å². The summed E-state index contributed by atoms with van der Waals surface area (Å²) in [6.07, 6.45) is 1.45. The van der Waals surface area contributed by atoms with E-state index in [0.717, 1.165) is 11.1 Å². The molecule has 0 atom stereocenters. The lowest BCUT2D eigenvalue weighted by Crippen LogP contribution is -2.44. The molecule has 148 valence electrons. The largest absolute Gasteiger partial charge is 0.337 e. The maximum absolute atomic E-state index is 12.3. The number of hydrazine groups is 1. The van der Waals surface area contributed by atoms with Crippen molar-refractivity contribution in [3.05, 3.63) is 98.9 Å². The first kappa shape index (κ1) is 20.2. The zero-order valence-electron chi connectivity index (χ0n) is 15.6. The molecule has 1 aromatic heterocycles. The van der Waals surface area contributed by atoms with Crippen LogP contribution in [0.3, 0.4) is 0 Å². The number of halogens is 1. The first-order valence-electron chi connectivity index (χ1n) is 8.80. The molecule has 3 N–H and O–H groups in total. The Hall–Kier alpha value is -3.58. The van der Waals surface area contributed by atoms with Crippen LogP contribution in [0.25, 0.3) is 0 Å². The fourth-order valence-corrected chi connectivity index (χ4v) is 2.69. The van der Waals surface area contributed by atoms with E-state index in [1.807, 2.05) is 31.2 Å². The van der Waals surface area contributed by atoms with Crippen molar-refractivity contribution in [3.8, 4) is 0 Å². The van der Waals surface area contributed by atoms with Crippen LogP contribution in [0.4, 0.5) is 10.5 Å². The van der Waals surface area contributed by atoms with Crippen LogP contribution in [0, 0.1) is 6.92 Å². The van der Waals surface area contributed by atoms with Gasteiger partial charge in [-0.3, -0.25) is 15.0 Å². The molecule has 8 heteroatoms. The highest BCUT2D eigenvalue weighted by molar-refractivity contribution is 6.30. The minimum Gasteiger partial charge on any atom is -0.310 e. The molecule has 0 aliphatic heterocycles. The first-order chi connectivity index (χ1) is 13.9.